The van der Waals surface area contributed by atoms with Gasteiger partial charge in [0, 0.05) is 24.7 Å². The number of benzene rings is 1. The van der Waals surface area contributed by atoms with E-state index >= 15 is 0 Å². The minimum absolute atomic E-state index is 0.0216. The molecule has 1 aromatic carbocycles. The highest BCUT2D eigenvalue weighted by molar-refractivity contribution is 7.88. The fourth-order valence-electron chi connectivity index (χ4n) is 3.99. The highest BCUT2D eigenvalue weighted by Gasteiger charge is 2.25. The first-order valence-electron chi connectivity index (χ1n) is 10.8. The van der Waals surface area contributed by atoms with E-state index in [0.717, 1.165) is 35.9 Å². The average molecular weight is 459 g/mol. The lowest BCUT2D eigenvalue weighted by atomic mass is 10.1. The van der Waals surface area contributed by atoms with Crippen LogP contribution in [-0.2, 0) is 22.9 Å². The first-order valence-corrected chi connectivity index (χ1v) is 12.7. The molecular weight excluding hydrogens is 431 g/mol. The first kappa shape index (κ1) is 22.5. The summed E-state index contributed by atoms with van der Waals surface area (Å²) in [6, 6.07) is 5.46. The fourth-order valence-corrected chi connectivity index (χ4v) is 4.87. The molecule has 0 aliphatic carbocycles. The van der Waals surface area contributed by atoms with Gasteiger partial charge in [-0.15, -0.1) is 0 Å². The van der Waals surface area contributed by atoms with Crippen LogP contribution >= 0.6 is 0 Å². The minimum Gasteiger partial charge on any atom is -0.351 e. The lowest BCUT2D eigenvalue weighted by Crippen LogP contribution is -2.42. The van der Waals surface area contributed by atoms with Crippen molar-refractivity contribution in [1.29, 1.82) is 0 Å². The van der Waals surface area contributed by atoms with Crippen molar-refractivity contribution in [2.45, 2.75) is 45.6 Å². The third-order valence-electron chi connectivity index (χ3n) is 5.76. The van der Waals surface area contributed by atoms with Gasteiger partial charge in [-0.25, -0.2) is 37.0 Å². The summed E-state index contributed by atoms with van der Waals surface area (Å²) >= 11 is 0. The Balaban J connectivity index is 1.58. The smallest absolute Gasteiger partial charge is 0.223 e. The minimum atomic E-state index is -3.18. The number of rotatable bonds is 6. The molecule has 0 amide bonds. The number of aromatic nitrogens is 4. The van der Waals surface area contributed by atoms with Crippen LogP contribution in [-0.4, -0.2) is 58.0 Å². The van der Waals surface area contributed by atoms with Crippen LogP contribution in [0.2, 0.25) is 0 Å². The number of hydrogen-bond acceptors (Lipinski definition) is 7. The molecule has 0 radical (unpaired) electrons. The van der Waals surface area contributed by atoms with Gasteiger partial charge in [0.15, 0.2) is 5.82 Å². The standard InChI is InChI=1S/C22H27FN6O2S/c1-4-17-18(5-2)27-20-12-14(6-7-19(20)26-17)21-16(23)13-24-22(28-21)25-15-8-10-29(11-9-15)32(3,30)31/h6-7,12-13,15H,4-5,8-11H2,1-3H3,(H,24,25,28). The third kappa shape index (κ3) is 4.71. The van der Waals surface area contributed by atoms with Gasteiger partial charge in [-0.05, 0) is 37.8 Å². The number of piperidine rings is 1. The molecule has 0 bridgehead atoms. The quantitative estimate of drug-likeness (QED) is 0.605. The van der Waals surface area contributed by atoms with Crippen molar-refractivity contribution >= 4 is 27.0 Å². The van der Waals surface area contributed by atoms with E-state index < -0.39 is 15.8 Å². The van der Waals surface area contributed by atoms with Crippen LogP contribution in [0.5, 0.6) is 0 Å². The summed E-state index contributed by atoms with van der Waals surface area (Å²) in [6.45, 7) is 4.97. The zero-order valence-electron chi connectivity index (χ0n) is 18.5. The van der Waals surface area contributed by atoms with Gasteiger partial charge in [0.1, 0.15) is 5.69 Å². The van der Waals surface area contributed by atoms with Gasteiger partial charge in [-0.2, -0.15) is 0 Å². The van der Waals surface area contributed by atoms with E-state index in [1.54, 1.807) is 12.1 Å². The van der Waals surface area contributed by atoms with Gasteiger partial charge < -0.3 is 5.32 Å². The van der Waals surface area contributed by atoms with Crippen molar-refractivity contribution in [2.75, 3.05) is 24.7 Å². The van der Waals surface area contributed by atoms with Crippen LogP contribution in [0.1, 0.15) is 38.1 Å². The third-order valence-corrected chi connectivity index (χ3v) is 7.07. The summed E-state index contributed by atoms with van der Waals surface area (Å²) in [5.74, 6) is -0.198. The Morgan fingerprint density at radius 2 is 1.72 bits per heavy atom. The van der Waals surface area contributed by atoms with Crippen molar-refractivity contribution < 1.29 is 12.8 Å². The van der Waals surface area contributed by atoms with Gasteiger partial charge in [0.05, 0.1) is 34.9 Å². The van der Waals surface area contributed by atoms with Crippen LogP contribution in [0.25, 0.3) is 22.3 Å². The second-order valence-electron chi connectivity index (χ2n) is 8.00. The molecule has 0 unspecified atom stereocenters. The summed E-state index contributed by atoms with van der Waals surface area (Å²) in [5.41, 5.74) is 4.20. The Morgan fingerprint density at radius 1 is 1.06 bits per heavy atom. The topological polar surface area (TPSA) is 101 Å². The number of anilines is 1. The lowest BCUT2D eigenvalue weighted by molar-refractivity contribution is 0.331. The predicted molar refractivity (Wildman–Crippen MR) is 122 cm³/mol. The molecule has 0 saturated carbocycles. The Labute approximate surface area is 187 Å². The zero-order chi connectivity index (χ0) is 22.9. The van der Waals surface area contributed by atoms with Crippen LogP contribution in [0.4, 0.5) is 10.3 Å². The van der Waals surface area contributed by atoms with E-state index in [-0.39, 0.29) is 11.7 Å². The summed E-state index contributed by atoms with van der Waals surface area (Å²) < 4.78 is 39.5. The molecular formula is C22H27FN6O2S. The number of hydrogen-bond donors (Lipinski definition) is 1. The molecule has 3 heterocycles. The van der Waals surface area contributed by atoms with Crippen molar-refractivity contribution in [2.24, 2.45) is 0 Å². The Morgan fingerprint density at radius 3 is 2.34 bits per heavy atom. The molecule has 4 rings (SSSR count). The second kappa shape index (κ2) is 9.03. The molecule has 170 valence electrons. The number of nitrogens with zero attached hydrogens (tertiary/aromatic N) is 5. The highest BCUT2D eigenvalue weighted by atomic mass is 32.2. The van der Waals surface area contributed by atoms with Crippen molar-refractivity contribution in [3.8, 4) is 11.3 Å². The SMILES string of the molecule is CCc1nc2ccc(-c3nc(NC4CCN(S(C)(=O)=O)CC4)ncc3F)cc2nc1CC. The van der Waals surface area contributed by atoms with E-state index in [1.807, 2.05) is 13.0 Å². The molecule has 10 heteroatoms. The molecule has 3 aromatic rings. The molecule has 2 aromatic heterocycles. The van der Waals surface area contributed by atoms with Crippen LogP contribution in [0.3, 0.4) is 0 Å². The maximum atomic E-state index is 14.6. The molecule has 32 heavy (non-hydrogen) atoms. The van der Waals surface area contributed by atoms with Crippen LogP contribution in [0.15, 0.2) is 24.4 Å². The van der Waals surface area contributed by atoms with E-state index in [9.17, 15) is 12.8 Å². The normalized spacial score (nSPS) is 15.9. The van der Waals surface area contributed by atoms with E-state index in [1.165, 1.54) is 10.6 Å². The van der Waals surface area contributed by atoms with E-state index in [4.69, 9.17) is 9.97 Å². The molecule has 0 atom stereocenters. The first-order chi connectivity index (χ1) is 15.3. The molecule has 1 aliphatic heterocycles. The van der Waals surface area contributed by atoms with Gasteiger partial charge in [0.2, 0.25) is 16.0 Å². The van der Waals surface area contributed by atoms with E-state index in [0.29, 0.717) is 43.0 Å². The summed E-state index contributed by atoms with van der Waals surface area (Å²) in [7, 11) is -3.18. The molecule has 0 spiro atoms. The number of aryl methyl sites for hydroxylation is 2. The highest BCUT2D eigenvalue weighted by Crippen LogP contribution is 2.26. The van der Waals surface area contributed by atoms with Gasteiger partial charge in [0.25, 0.3) is 0 Å². The largest absolute Gasteiger partial charge is 0.351 e. The summed E-state index contributed by atoms with van der Waals surface area (Å²) in [5, 5.41) is 3.22. The van der Waals surface area contributed by atoms with Crippen LogP contribution in [0, 0.1) is 5.82 Å². The second-order valence-corrected chi connectivity index (χ2v) is 9.98. The number of halogens is 1. The molecule has 1 saturated heterocycles. The Kier molecular flexibility index (Phi) is 6.34. The average Bonchev–Trinajstić information content (AvgIpc) is 2.78. The van der Waals surface area contributed by atoms with Gasteiger partial charge in [-0.3, -0.25) is 0 Å². The van der Waals surface area contributed by atoms with Gasteiger partial charge >= 0.3 is 0 Å². The van der Waals surface area contributed by atoms with E-state index in [2.05, 4.69) is 22.2 Å². The maximum Gasteiger partial charge on any atom is 0.223 e. The van der Waals surface area contributed by atoms with Crippen molar-refractivity contribution in [1.82, 2.24) is 24.2 Å². The lowest BCUT2D eigenvalue weighted by Gasteiger charge is -2.30. The summed E-state index contributed by atoms with van der Waals surface area (Å²) in [4.78, 5) is 17.9. The van der Waals surface area contributed by atoms with Crippen molar-refractivity contribution in [3.63, 3.8) is 0 Å². The van der Waals surface area contributed by atoms with Crippen molar-refractivity contribution in [3.05, 3.63) is 41.6 Å². The number of nitrogens with one attached hydrogen (secondary N) is 1. The number of sulfonamides is 1. The van der Waals surface area contributed by atoms with Gasteiger partial charge in [-0.1, -0.05) is 19.9 Å². The molecule has 8 nitrogen and oxygen atoms in total. The molecule has 1 N–H and O–H groups in total. The zero-order valence-corrected chi connectivity index (χ0v) is 19.3. The maximum absolute atomic E-state index is 14.6. The van der Waals surface area contributed by atoms with Crippen LogP contribution < -0.4 is 5.32 Å². The monoisotopic (exact) mass is 458 g/mol. The Bertz CT molecular complexity index is 1240. The Hall–Kier alpha value is -2.72. The predicted octanol–water partition coefficient (Wildman–Crippen LogP) is 3.19. The fraction of sp³-hybridized carbons (Fsp3) is 0.455. The molecule has 1 aliphatic rings. The molecule has 1 fully saturated rings. The summed E-state index contributed by atoms with van der Waals surface area (Å²) in [6.07, 6.45) is 5.24. The number of fused-ring (bicyclic) bond motifs is 1.